The van der Waals surface area contributed by atoms with Crippen molar-refractivity contribution in [2.75, 3.05) is 24.8 Å². The first-order valence-corrected chi connectivity index (χ1v) is 16.2. The quantitative estimate of drug-likeness (QED) is 0.234. The smallest absolute Gasteiger partial charge is 0.278 e. The summed E-state index contributed by atoms with van der Waals surface area (Å²) >= 11 is 1.83. The van der Waals surface area contributed by atoms with Gasteiger partial charge in [-0.15, -0.1) is 11.8 Å². The first-order chi connectivity index (χ1) is 22.2. The minimum absolute atomic E-state index is 0.0656. The number of hydrogen-bond acceptors (Lipinski definition) is 6. The van der Waals surface area contributed by atoms with E-state index in [1.165, 1.54) is 22.1 Å². The molecule has 8 rings (SSSR count). The van der Waals surface area contributed by atoms with E-state index in [0.717, 1.165) is 28.0 Å². The van der Waals surface area contributed by atoms with E-state index in [9.17, 15) is 9.59 Å². The maximum atomic E-state index is 14.3. The summed E-state index contributed by atoms with van der Waals surface area (Å²) in [5.74, 6) is 0.638. The van der Waals surface area contributed by atoms with Gasteiger partial charge in [0.05, 0.1) is 19.3 Å². The fourth-order valence-corrected chi connectivity index (χ4v) is 7.88. The number of pyridine rings is 1. The SMILES string of the molecule is O=C1c2c(OCc3ccccc3)c(=O)ccn2N(C2c3ccccc3SCc3c(-c4ccccc4)cccc32)C2COCCN12. The Hall–Kier alpha value is -4.79. The number of amides is 1. The van der Waals surface area contributed by atoms with Crippen LogP contribution in [0, 0.1) is 0 Å². The van der Waals surface area contributed by atoms with Crippen LogP contribution in [0.3, 0.4) is 0 Å². The highest BCUT2D eigenvalue weighted by atomic mass is 32.2. The number of nitrogens with zero attached hydrogens (tertiary/aromatic N) is 3. The van der Waals surface area contributed by atoms with Crippen LogP contribution in [-0.2, 0) is 17.1 Å². The molecule has 7 nitrogen and oxygen atoms in total. The van der Waals surface area contributed by atoms with Gasteiger partial charge in [-0.1, -0.05) is 97.1 Å². The molecule has 45 heavy (non-hydrogen) atoms. The van der Waals surface area contributed by atoms with E-state index < -0.39 is 6.17 Å². The van der Waals surface area contributed by atoms with Gasteiger partial charge < -0.3 is 14.4 Å². The molecule has 8 heteroatoms. The van der Waals surface area contributed by atoms with E-state index in [-0.39, 0.29) is 35.4 Å². The summed E-state index contributed by atoms with van der Waals surface area (Å²) in [4.78, 5) is 30.7. The lowest BCUT2D eigenvalue weighted by atomic mass is 9.89. The lowest BCUT2D eigenvalue weighted by Gasteiger charge is -2.51. The number of ether oxygens (including phenoxy) is 2. The summed E-state index contributed by atoms with van der Waals surface area (Å²) in [5.41, 5.74) is 6.74. The van der Waals surface area contributed by atoms with Crippen LogP contribution in [0.1, 0.15) is 38.8 Å². The summed E-state index contributed by atoms with van der Waals surface area (Å²) in [6.07, 6.45) is 1.33. The number of hydrogen-bond donors (Lipinski definition) is 0. The van der Waals surface area contributed by atoms with Crippen molar-refractivity contribution < 1.29 is 14.3 Å². The van der Waals surface area contributed by atoms with Gasteiger partial charge in [0.25, 0.3) is 5.91 Å². The van der Waals surface area contributed by atoms with E-state index >= 15 is 0 Å². The number of aromatic nitrogens is 1. The highest BCUT2D eigenvalue weighted by Gasteiger charge is 2.46. The van der Waals surface area contributed by atoms with Crippen LogP contribution in [0.4, 0.5) is 0 Å². The van der Waals surface area contributed by atoms with Crippen molar-refractivity contribution >= 4 is 17.7 Å². The third-order valence-corrected chi connectivity index (χ3v) is 9.94. The van der Waals surface area contributed by atoms with E-state index in [4.69, 9.17) is 9.47 Å². The van der Waals surface area contributed by atoms with Crippen LogP contribution in [0.2, 0.25) is 0 Å². The molecule has 5 aromatic rings. The van der Waals surface area contributed by atoms with Gasteiger partial charge in [-0.05, 0) is 39.4 Å². The molecule has 3 aliphatic rings. The number of morpholine rings is 1. The molecule has 0 N–H and O–H groups in total. The molecule has 0 saturated carbocycles. The van der Waals surface area contributed by atoms with E-state index in [1.807, 2.05) is 57.7 Å². The topological polar surface area (TPSA) is 64.0 Å². The molecule has 2 unspecified atom stereocenters. The Kier molecular flexibility index (Phi) is 7.16. The summed E-state index contributed by atoms with van der Waals surface area (Å²) in [7, 11) is 0. The molecule has 0 spiro atoms. The molecule has 1 saturated heterocycles. The Morgan fingerprint density at radius 2 is 1.58 bits per heavy atom. The highest BCUT2D eigenvalue weighted by molar-refractivity contribution is 7.98. The number of carbonyl (C=O) groups is 1. The molecule has 0 radical (unpaired) electrons. The lowest BCUT2D eigenvalue weighted by molar-refractivity contribution is -0.0199. The van der Waals surface area contributed by atoms with Gasteiger partial charge in [0.2, 0.25) is 5.43 Å². The van der Waals surface area contributed by atoms with Crippen molar-refractivity contribution in [2.24, 2.45) is 0 Å². The van der Waals surface area contributed by atoms with Crippen LogP contribution < -0.4 is 15.2 Å². The molecule has 2 atom stereocenters. The zero-order valence-corrected chi connectivity index (χ0v) is 25.4. The average molecular weight is 614 g/mol. The van der Waals surface area contributed by atoms with Gasteiger partial charge in [-0.25, -0.2) is 0 Å². The maximum absolute atomic E-state index is 14.3. The van der Waals surface area contributed by atoms with Crippen molar-refractivity contribution in [3.63, 3.8) is 0 Å². The molecule has 4 aromatic carbocycles. The first kappa shape index (κ1) is 27.7. The van der Waals surface area contributed by atoms with Crippen LogP contribution >= 0.6 is 11.8 Å². The number of carbonyl (C=O) groups excluding carboxylic acids is 1. The largest absolute Gasteiger partial charge is 0.482 e. The van der Waals surface area contributed by atoms with Crippen molar-refractivity contribution in [2.45, 2.75) is 29.5 Å². The molecule has 224 valence electrons. The Morgan fingerprint density at radius 1 is 0.822 bits per heavy atom. The van der Waals surface area contributed by atoms with Crippen LogP contribution in [0.15, 0.2) is 125 Å². The Bertz CT molecular complexity index is 1950. The van der Waals surface area contributed by atoms with Crippen LogP contribution in [-0.4, -0.2) is 41.4 Å². The Morgan fingerprint density at radius 3 is 2.42 bits per heavy atom. The summed E-state index contributed by atoms with van der Waals surface area (Å²) < 4.78 is 14.1. The second kappa shape index (κ2) is 11.6. The number of fused-ring (bicyclic) bond motifs is 4. The second-order valence-electron chi connectivity index (χ2n) is 11.4. The molecule has 1 amide bonds. The third-order valence-electron chi connectivity index (χ3n) is 8.82. The molecule has 1 aromatic heterocycles. The van der Waals surface area contributed by atoms with E-state index in [2.05, 4.69) is 71.7 Å². The Balaban J connectivity index is 1.35. The minimum Gasteiger partial charge on any atom is -0.482 e. The van der Waals surface area contributed by atoms with Gasteiger partial charge in [0.15, 0.2) is 11.4 Å². The minimum atomic E-state index is -0.391. The number of rotatable bonds is 5. The van der Waals surface area contributed by atoms with Crippen molar-refractivity contribution in [1.29, 1.82) is 0 Å². The van der Waals surface area contributed by atoms with Crippen molar-refractivity contribution in [3.8, 4) is 16.9 Å². The normalized spacial score (nSPS) is 18.7. The van der Waals surface area contributed by atoms with E-state index in [0.29, 0.717) is 19.8 Å². The molecular weight excluding hydrogens is 582 g/mol. The van der Waals surface area contributed by atoms with Gasteiger partial charge in [0, 0.05) is 29.5 Å². The van der Waals surface area contributed by atoms with Crippen molar-refractivity contribution in [3.05, 3.63) is 154 Å². The van der Waals surface area contributed by atoms with E-state index in [1.54, 1.807) is 6.20 Å². The van der Waals surface area contributed by atoms with Gasteiger partial charge in [-0.3, -0.25) is 19.3 Å². The highest BCUT2D eigenvalue weighted by Crippen LogP contribution is 2.46. The monoisotopic (exact) mass is 613 g/mol. The maximum Gasteiger partial charge on any atom is 0.278 e. The van der Waals surface area contributed by atoms with Gasteiger partial charge >= 0.3 is 0 Å². The average Bonchev–Trinajstić information content (AvgIpc) is 3.26. The standard InChI is InChI=1S/C37H31N3O4S/c41-31-18-19-39-35(36(31)44-22-25-10-3-1-4-11-25)37(42)38-20-21-43-23-33(38)40(39)34-28-16-9-15-27(26-12-5-2-6-13-26)30(28)24-45-32-17-8-7-14-29(32)34/h1-19,33-34H,20-24H2. The van der Waals surface area contributed by atoms with Crippen molar-refractivity contribution in [1.82, 2.24) is 9.58 Å². The molecule has 0 aliphatic carbocycles. The molecule has 0 bridgehead atoms. The van der Waals surface area contributed by atoms with Gasteiger partial charge in [-0.2, -0.15) is 0 Å². The zero-order chi connectivity index (χ0) is 30.3. The predicted molar refractivity (Wildman–Crippen MR) is 175 cm³/mol. The van der Waals surface area contributed by atoms with Crippen LogP contribution in [0.25, 0.3) is 11.1 Å². The molecule has 4 heterocycles. The predicted octanol–water partition coefficient (Wildman–Crippen LogP) is 6.24. The third kappa shape index (κ3) is 4.81. The number of benzene rings is 4. The first-order valence-electron chi connectivity index (χ1n) is 15.2. The lowest BCUT2D eigenvalue weighted by Crippen LogP contribution is -2.66. The summed E-state index contributed by atoms with van der Waals surface area (Å²) in [6, 6.07) is 36.4. The summed E-state index contributed by atoms with van der Waals surface area (Å²) in [6.45, 7) is 1.37. The molecular formula is C37H31N3O4S. The fraction of sp³-hybridized carbons (Fsp3) is 0.189. The number of thioether (sulfide) groups is 1. The van der Waals surface area contributed by atoms with Gasteiger partial charge in [0.1, 0.15) is 12.8 Å². The van der Waals surface area contributed by atoms with Crippen LogP contribution in [0.5, 0.6) is 5.75 Å². The summed E-state index contributed by atoms with van der Waals surface area (Å²) in [5, 5.41) is 2.23. The fourth-order valence-electron chi connectivity index (χ4n) is 6.74. The molecule has 1 fully saturated rings. The Labute approximate surface area is 265 Å². The molecule has 3 aliphatic heterocycles. The zero-order valence-electron chi connectivity index (χ0n) is 24.5. The second-order valence-corrected chi connectivity index (χ2v) is 12.4.